The summed E-state index contributed by atoms with van der Waals surface area (Å²) in [5, 5.41) is 4.65. The third kappa shape index (κ3) is 4.97. The van der Waals surface area contributed by atoms with Gasteiger partial charge >= 0.3 is 0 Å². The number of amides is 2. The maximum absolute atomic E-state index is 12.6. The molecule has 0 radical (unpaired) electrons. The molecule has 152 valence electrons. The summed E-state index contributed by atoms with van der Waals surface area (Å²) >= 11 is 0. The van der Waals surface area contributed by atoms with Crippen molar-refractivity contribution < 1.29 is 14.3 Å². The largest absolute Gasteiger partial charge is 0.484 e. The lowest BCUT2D eigenvalue weighted by Crippen LogP contribution is -2.44. The van der Waals surface area contributed by atoms with Crippen LogP contribution in [0.5, 0.6) is 5.75 Å². The Hall–Kier alpha value is -3.80. The summed E-state index contributed by atoms with van der Waals surface area (Å²) in [6.45, 7) is 0.429. The lowest BCUT2D eigenvalue weighted by atomic mass is 10.0. The molecular weight excluding hydrogens is 378 g/mol. The molecule has 0 saturated carbocycles. The van der Waals surface area contributed by atoms with Crippen molar-refractivity contribution in [2.75, 3.05) is 16.9 Å². The van der Waals surface area contributed by atoms with Crippen molar-refractivity contribution in [3.05, 3.63) is 90.0 Å². The fourth-order valence-electron chi connectivity index (χ4n) is 3.35. The van der Waals surface area contributed by atoms with E-state index in [1.165, 1.54) is 0 Å². The molecule has 0 atom stereocenters. The molecule has 2 amide bonds. The van der Waals surface area contributed by atoms with Crippen LogP contribution >= 0.6 is 0 Å². The summed E-state index contributed by atoms with van der Waals surface area (Å²) in [5.74, 6) is 0.380. The fourth-order valence-corrected chi connectivity index (χ4v) is 3.35. The van der Waals surface area contributed by atoms with E-state index in [1.807, 2.05) is 77.8 Å². The Balaban J connectivity index is 1.40. The Bertz CT molecular complexity index is 1020. The van der Waals surface area contributed by atoms with Crippen LogP contribution in [-0.4, -0.2) is 18.4 Å². The number of nitrogens with one attached hydrogen (secondary N) is 2. The molecule has 0 bridgehead atoms. The van der Waals surface area contributed by atoms with Gasteiger partial charge in [0, 0.05) is 12.1 Å². The van der Waals surface area contributed by atoms with Gasteiger partial charge in [0.1, 0.15) is 5.75 Å². The van der Waals surface area contributed by atoms with Gasteiger partial charge in [0.05, 0.1) is 12.2 Å². The van der Waals surface area contributed by atoms with Gasteiger partial charge in [-0.2, -0.15) is 0 Å². The molecule has 30 heavy (non-hydrogen) atoms. The summed E-state index contributed by atoms with van der Waals surface area (Å²) in [6.07, 6.45) is 1.13. The topological polar surface area (TPSA) is 70.7 Å². The van der Waals surface area contributed by atoms with E-state index >= 15 is 0 Å². The van der Waals surface area contributed by atoms with E-state index in [1.54, 1.807) is 6.07 Å². The van der Waals surface area contributed by atoms with Gasteiger partial charge in [-0.1, -0.05) is 48.5 Å². The minimum atomic E-state index is -0.249. The molecule has 0 unspecified atom stereocenters. The number of fused-ring (bicyclic) bond motifs is 1. The number of carbonyl (C=O) groups is 2. The quantitative estimate of drug-likeness (QED) is 0.593. The normalized spacial score (nSPS) is 12.5. The number of hydrazine groups is 1. The van der Waals surface area contributed by atoms with Crippen LogP contribution in [0.3, 0.4) is 0 Å². The summed E-state index contributed by atoms with van der Waals surface area (Å²) in [4.78, 5) is 24.1. The highest BCUT2D eigenvalue weighted by molar-refractivity contribution is 5.94. The molecule has 2 N–H and O–H groups in total. The van der Waals surface area contributed by atoms with Crippen LogP contribution in [0.1, 0.15) is 17.5 Å². The number of para-hydroxylation sites is 1. The minimum absolute atomic E-state index is 0.0231. The Labute approximate surface area is 175 Å². The van der Waals surface area contributed by atoms with Crippen LogP contribution < -0.4 is 20.5 Å². The van der Waals surface area contributed by atoms with Crippen LogP contribution in [-0.2, 0) is 22.6 Å². The van der Waals surface area contributed by atoms with Gasteiger partial charge in [-0.15, -0.1) is 0 Å². The number of carbonyl (C=O) groups excluding carboxylic acids is 2. The molecule has 0 saturated heterocycles. The Kier molecular flexibility index (Phi) is 5.94. The molecule has 6 heteroatoms. The first-order valence-electron chi connectivity index (χ1n) is 9.89. The molecule has 0 fully saturated rings. The molecule has 1 heterocycles. The predicted molar refractivity (Wildman–Crippen MR) is 116 cm³/mol. The number of anilines is 2. The third-order valence-corrected chi connectivity index (χ3v) is 4.85. The second kappa shape index (κ2) is 9.13. The summed E-state index contributed by atoms with van der Waals surface area (Å²) in [5.41, 5.74) is 6.73. The van der Waals surface area contributed by atoms with E-state index in [4.69, 9.17) is 4.74 Å². The first-order chi connectivity index (χ1) is 14.7. The van der Waals surface area contributed by atoms with Crippen molar-refractivity contribution in [1.29, 1.82) is 0 Å². The number of hydrogen-bond acceptors (Lipinski definition) is 4. The standard InChI is InChI=1S/C24H23N3O3/c28-23-14-11-19-15-21(12-13-22(19)25-23)30-17-24(29)26-27(20-9-5-2-6-10-20)16-18-7-3-1-4-8-18/h1-10,12-13,15H,11,14,16-17H2,(H,25,28)(H,26,29). The van der Waals surface area contributed by atoms with E-state index in [-0.39, 0.29) is 18.4 Å². The molecule has 0 aromatic heterocycles. The van der Waals surface area contributed by atoms with Gasteiger partial charge in [0.25, 0.3) is 5.91 Å². The van der Waals surface area contributed by atoms with Gasteiger partial charge in [-0.3, -0.25) is 20.0 Å². The van der Waals surface area contributed by atoms with Crippen molar-refractivity contribution >= 4 is 23.2 Å². The lowest BCUT2D eigenvalue weighted by Gasteiger charge is -2.25. The van der Waals surface area contributed by atoms with Crippen LogP contribution in [0.15, 0.2) is 78.9 Å². The van der Waals surface area contributed by atoms with Crippen molar-refractivity contribution in [2.45, 2.75) is 19.4 Å². The third-order valence-electron chi connectivity index (χ3n) is 4.85. The number of rotatable bonds is 7. The highest BCUT2D eigenvalue weighted by Crippen LogP contribution is 2.26. The zero-order chi connectivity index (χ0) is 20.8. The molecule has 1 aliphatic heterocycles. The predicted octanol–water partition coefficient (Wildman–Crippen LogP) is 3.69. The van der Waals surface area contributed by atoms with Gasteiger partial charge < -0.3 is 10.1 Å². The second-order valence-electron chi connectivity index (χ2n) is 7.10. The van der Waals surface area contributed by atoms with E-state index in [9.17, 15) is 9.59 Å². The number of aryl methyl sites for hydroxylation is 1. The van der Waals surface area contributed by atoms with Crippen molar-refractivity contribution in [3.8, 4) is 5.75 Å². The molecule has 0 aliphatic carbocycles. The maximum Gasteiger partial charge on any atom is 0.276 e. The minimum Gasteiger partial charge on any atom is -0.484 e. The van der Waals surface area contributed by atoms with Gasteiger partial charge in [-0.05, 0) is 47.9 Å². The molecular formula is C24H23N3O3. The molecule has 3 aromatic carbocycles. The van der Waals surface area contributed by atoms with Crippen molar-refractivity contribution in [2.24, 2.45) is 0 Å². The molecule has 1 aliphatic rings. The van der Waals surface area contributed by atoms with E-state index in [0.29, 0.717) is 25.1 Å². The first kappa shape index (κ1) is 19.5. The average molecular weight is 401 g/mol. The fraction of sp³-hybridized carbons (Fsp3) is 0.167. The Morgan fingerprint density at radius 1 is 0.967 bits per heavy atom. The van der Waals surface area contributed by atoms with E-state index in [2.05, 4.69) is 10.7 Å². The Morgan fingerprint density at radius 3 is 2.47 bits per heavy atom. The lowest BCUT2D eigenvalue weighted by molar-refractivity contribution is -0.123. The van der Waals surface area contributed by atoms with Crippen LogP contribution in [0.25, 0.3) is 0 Å². The summed E-state index contributed by atoms with van der Waals surface area (Å²) in [7, 11) is 0. The van der Waals surface area contributed by atoms with Crippen molar-refractivity contribution in [1.82, 2.24) is 5.43 Å². The van der Waals surface area contributed by atoms with Gasteiger partial charge in [-0.25, -0.2) is 0 Å². The van der Waals surface area contributed by atoms with Crippen LogP contribution in [0.2, 0.25) is 0 Å². The zero-order valence-corrected chi connectivity index (χ0v) is 16.5. The smallest absolute Gasteiger partial charge is 0.276 e. The summed E-state index contributed by atoms with van der Waals surface area (Å²) in [6, 6.07) is 25.1. The van der Waals surface area contributed by atoms with Crippen LogP contribution in [0, 0.1) is 0 Å². The Morgan fingerprint density at radius 2 is 1.70 bits per heavy atom. The zero-order valence-electron chi connectivity index (χ0n) is 16.5. The average Bonchev–Trinajstić information content (AvgIpc) is 2.78. The first-order valence-corrected chi connectivity index (χ1v) is 9.89. The number of hydrogen-bond donors (Lipinski definition) is 2. The number of ether oxygens (including phenoxy) is 1. The van der Waals surface area contributed by atoms with E-state index in [0.717, 1.165) is 22.5 Å². The number of nitrogens with zero attached hydrogens (tertiary/aromatic N) is 1. The molecule has 4 rings (SSSR count). The highest BCUT2D eigenvalue weighted by Gasteiger charge is 2.16. The van der Waals surface area contributed by atoms with Crippen LogP contribution in [0.4, 0.5) is 11.4 Å². The van der Waals surface area contributed by atoms with E-state index < -0.39 is 0 Å². The highest BCUT2D eigenvalue weighted by atomic mass is 16.5. The molecule has 0 spiro atoms. The van der Waals surface area contributed by atoms with Crippen molar-refractivity contribution in [3.63, 3.8) is 0 Å². The number of benzene rings is 3. The molecule has 3 aromatic rings. The summed E-state index contributed by atoms with van der Waals surface area (Å²) < 4.78 is 5.70. The van der Waals surface area contributed by atoms with Gasteiger partial charge in [0.2, 0.25) is 5.91 Å². The maximum atomic E-state index is 12.6. The SMILES string of the molecule is O=C1CCc2cc(OCC(=O)NN(Cc3ccccc3)c3ccccc3)ccc2N1. The van der Waals surface area contributed by atoms with Gasteiger partial charge in [0.15, 0.2) is 6.61 Å². The monoisotopic (exact) mass is 401 g/mol. The molecule has 6 nitrogen and oxygen atoms in total. The second-order valence-corrected chi connectivity index (χ2v) is 7.10.